The van der Waals surface area contributed by atoms with Gasteiger partial charge in [-0.15, -0.1) is 0 Å². The molecule has 7 heteroatoms. The summed E-state index contributed by atoms with van der Waals surface area (Å²) in [5.41, 5.74) is 2.45. The van der Waals surface area contributed by atoms with Gasteiger partial charge in [0.25, 0.3) is 5.56 Å². The van der Waals surface area contributed by atoms with Crippen LogP contribution in [0, 0.1) is 0 Å². The molecule has 0 aliphatic carbocycles. The van der Waals surface area contributed by atoms with Gasteiger partial charge in [-0.05, 0) is 24.3 Å². The summed E-state index contributed by atoms with van der Waals surface area (Å²) in [6.45, 7) is 0.186. The molecule has 3 heterocycles. The molecule has 2 aromatic carbocycles. The van der Waals surface area contributed by atoms with Gasteiger partial charge >= 0.3 is 0 Å². The molecule has 0 atom stereocenters. The highest BCUT2D eigenvalue weighted by molar-refractivity contribution is 5.93. The zero-order valence-electron chi connectivity index (χ0n) is 13.3. The van der Waals surface area contributed by atoms with Gasteiger partial charge in [-0.25, -0.2) is 0 Å². The number of pyridine rings is 1. The van der Waals surface area contributed by atoms with Crippen molar-refractivity contribution in [2.75, 3.05) is 13.9 Å². The Kier molecular flexibility index (Phi) is 2.79. The van der Waals surface area contributed by atoms with E-state index in [9.17, 15) is 4.79 Å². The normalized spacial score (nSPS) is 12.8. The summed E-state index contributed by atoms with van der Waals surface area (Å²) in [5.74, 6) is 2.01. The van der Waals surface area contributed by atoms with Crippen molar-refractivity contribution in [3.05, 3.63) is 52.9 Å². The van der Waals surface area contributed by atoms with Crippen LogP contribution in [0.4, 0.5) is 0 Å². The van der Waals surface area contributed by atoms with Crippen LogP contribution in [-0.4, -0.2) is 28.7 Å². The molecule has 2 aromatic rings. The van der Waals surface area contributed by atoms with Gasteiger partial charge in [0.05, 0.1) is 23.9 Å². The second-order valence-electron chi connectivity index (χ2n) is 5.72. The largest absolute Gasteiger partial charge is 0.497 e. The number of hydrogen-bond donors (Lipinski definition) is 1. The number of hydrogen-bond acceptors (Lipinski definition) is 5. The summed E-state index contributed by atoms with van der Waals surface area (Å²) < 4.78 is 17.3. The fraction of sp³-hybridized carbons (Fsp3) is 0.111. The highest BCUT2D eigenvalue weighted by Crippen LogP contribution is 2.34. The van der Waals surface area contributed by atoms with Crippen LogP contribution in [0.15, 0.2) is 47.4 Å². The van der Waals surface area contributed by atoms with E-state index in [0.29, 0.717) is 28.4 Å². The summed E-state index contributed by atoms with van der Waals surface area (Å²) in [5, 5.41) is 5.39. The molecule has 0 radical (unpaired) electrons. The predicted molar refractivity (Wildman–Crippen MR) is 91.0 cm³/mol. The van der Waals surface area contributed by atoms with Crippen LogP contribution in [0.5, 0.6) is 17.2 Å². The molecule has 0 saturated carbocycles. The molecule has 1 N–H and O–H groups in total. The number of benzene rings is 2. The first-order chi connectivity index (χ1) is 12.2. The molecule has 7 nitrogen and oxygen atoms in total. The molecular weight excluding hydrogens is 322 g/mol. The lowest BCUT2D eigenvalue weighted by molar-refractivity contribution is 0.174. The van der Waals surface area contributed by atoms with Crippen LogP contribution in [0.1, 0.15) is 0 Å². The van der Waals surface area contributed by atoms with Crippen LogP contribution in [0.3, 0.4) is 0 Å². The molecule has 0 spiro atoms. The molecule has 0 saturated heterocycles. The third-order valence-electron chi connectivity index (χ3n) is 4.33. The van der Waals surface area contributed by atoms with E-state index in [1.165, 1.54) is 4.68 Å². The summed E-state index contributed by atoms with van der Waals surface area (Å²) in [4.78, 5) is 15.9. The molecule has 5 rings (SSSR count). The third-order valence-corrected chi connectivity index (χ3v) is 4.33. The first kappa shape index (κ1) is 13.9. The molecule has 0 fully saturated rings. The number of nitrogens with one attached hydrogen (secondary N) is 1. The van der Waals surface area contributed by atoms with Crippen LogP contribution >= 0.6 is 0 Å². The van der Waals surface area contributed by atoms with Crippen LogP contribution in [0.2, 0.25) is 0 Å². The standard InChI is InChI=1S/C18H13N3O4/c1-23-11-3-4-12-14(7-11)19-8-13-17(12)20-21(18(13)22)10-2-5-15-16(6-10)25-9-24-15/h2-8,19H,9H2,1H3. The highest BCUT2D eigenvalue weighted by Gasteiger charge is 2.21. The van der Waals surface area contributed by atoms with Gasteiger partial charge in [0, 0.05) is 23.7 Å². The molecule has 0 amide bonds. The monoisotopic (exact) mass is 335 g/mol. The Labute approximate surface area is 141 Å². The van der Waals surface area contributed by atoms with Crippen molar-refractivity contribution in [3.8, 4) is 34.2 Å². The van der Waals surface area contributed by atoms with Gasteiger partial charge in [-0.3, -0.25) is 4.79 Å². The number of aromatic nitrogens is 3. The Morgan fingerprint density at radius 2 is 2.04 bits per heavy atom. The van der Waals surface area contributed by atoms with Crippen molar-refractivity contribution < 1.29 is 14.2 Å². The minimum Gasteiger partial charge on any atom is -0.497 e. The van der Waals surface area contributed by atoms with Crippen molar-refractivity contribution in [1.82, 2.24) is 14.8 Å². The Bertz CT molecular complexity index is 1140. The van der Waals surface area contributed by atoms with E-state index in [-0.39, 0.29) is 12.4 Å². The van der Waals surface area contributed by atoms with Crippen molar-refractivity contribution in [2.24, 2.45) is 0 Å². The average Bonchev–Trinajstić information content (AvgIpc) is 3.25. The molecule has 25 heavy (non-hydrogen) atoms. The minimum absolute atomic E-state index is 0.186. The number of ether oxygens (including phenoxy) is 3. The van der Waals surface area contributed by atoms with E-state index >= 15 is 0 Å². The number of aromatic amines is 1. The first-order valence-corrected chi connectivity index (χ1v) is 7.73. The lowest BCUT2D eigenvalue weighted by atomic mass is 10.1. The predicted octanol–water partition coefficient (Wildman–Crippen LogP) is 2.56. The zero-order valence-corrected chi connectivity index (χ0v) is 13.3. The van der Waals surface area contributed by atoms with E-state index in [2.05, 4.69) is 10.1 Å². The molecule has 124 valence electrons. The zero-order chi connectivity index (χ0) is 17.0. The maximum atomic E-state index is 12.8. The van der Waals surface area contributed by atoms with E-state index in [4.69, 9.17) is 14.2 Å². The van der Waals surface area contributed by atoms with Crippen molar-refractivity contribution in [1.29, 1.82) is 0 Å². The highest BCUT2D eigenvalue weighted by atomic mass is 16.7. The molecule has 3 aliphatic rings. The SMILES string of the molecule is COc1ccc2c3nn(-c4ccc5c(c4)OCO5)c(=O)c-3c[nH]c2c1. The number of rotatable bonds is 2. The molecule has 0 aromatic heterocycles. The first-order valence-electron chi connectivity index (χ1n) is 7.73. The van der Waals surface area contributed by atoms with Crippen LogP contribution in [0.25, 0.3) is 27.8 Å². The summed E-state index contributed by atoms with van der Waals surface area (Å²) in [7, 11) is 1.61. The lowest BCUT2D eigenvalue weighted by Gasteiger charge is -2.05. The van der Waals surface area contributed by atoms with Gasteiger partial charge < -0.3 is 19.2 Å². The van der Waals surface area contributed by atoms with E-state index in [0.717, 1.165) is 16.7 Å². The quantitative estimate of drug-likeness (QED) is 0.609. The summed E-state index contributed by atoms with van der Waals surface area (Å²) in [6, 6.07) is 10.9. The van der Waals surface area contributed by atoms with Crippen molar-refractivity contribution >= 4 is 10.9 Å². The second-order valence-corrected chi connectivity index (χ2v) is 5.72. The number of fused-ring (bicyclic) bond motifs is 4. The lowest BCUT2D eigenvalue weighted by Crippen LogP contribution is -2.14. The molecule has 3 aliphatic heterocycles. The van der Waals surface area contributed by atoms with Crippen LogP contribution in [-0.2, 0) is 0 Å². The van der Waals surface area contributed by atoms with Gasteiger partial charge in [0.15, 0.2) is 11.5 Å². The number of H-pyrrole nitrogens is 1. The Balaban J connectivity index is 1.74. The summed E-state index contributed by atoms with van der Waals surface area (Å²) in [6.07, 6.45) is 1.68. The molecular formula is C18H13N3O4. The van der Waals surface area contributed by atoms with Crippen molar-refractivity contribution in [3.63, 3.8) is 0 Å². The molecule has 0 unspecified atom stereocenters. The summed E-state index contributed by atoms with van der Waals surface area (Å²) >= 11 is 0. The van der Waals surface area contributed by atoms with Gasteiger partial charge in [0.1, 0.15) is 11.4 Å². The second kappa shape index (κ2) is 5.01. The van der Waals surface area contributed by atoms with E-state index < -0.39 is 0 Å². The maximum absolute atomic E-state index is 12.8. The Hall–Kier alpha value is -3.48. The Morgan fingerprint density at radius 3 is 2.92 bits per heavy atom. The number of methoxy groups -OCH3 is 1. The Morgan fingerprint density at radius 1 is 1.16 bits per heavy atom. The van der Waals surface area contributed by atoms with Gasteiger partial charge in [-0.1, -0.05) is 0 Å². The minimum atomic E-state index is -0.192. The van der Waals surface area contributed by atoms with E-state index in [1.54, 1.807) is 31.5 Å². The van der Waals surface area contributed by atoms with Gasteiger partial charge in [-0.2, -0.15) is 9.78 Å². The topological polar surface area (TPSA) is 78.4 Å². The fourth-order valence-electron chi connectivity index (χ4n) is 3.06. The maximum Gasteiger partial charge on any atom is 0.282 e. The van der Waals surface area contributed by atoms with Gasteiger partial charge in [0.2, 0.25) is 6.79 Å². The fourth-order valence-corrected chi connectivity index (χ4v) is 3.06. The molecule has 0 bridgehead atoms. The van der Waals surface area contributed by atoms with Crippen molar-refractivity contribution in [2.45, 2.75) is 0 Å². The average molecular weight is 335 g/mol. The smallest absolute Gasteiger partial charge is 0.282 e. The van der Waals surface area contributed by atoms with Crippen LogP contribution < -0.4 is 19.8 Å². The number of nitrogens with zero attached hydrogens (tertiary/aromatic N) is 2. The third kappa shape index (κ3) is 1.99. The van der Waals surface area contributed by atoms with E-state index in [1.807, 2.05) is 18.2 Å².